The predicted molar refractivity (Wildman–Crippen MR) is 268 cm³/mol. The molecule has 6 aliphatic rings. The third-order valence-corrected chi connectivity index (χ3v) is 18.0. The van der Waals surface area contributed by atoms with Gasteiger partial charge in [0.25, 0.3) is 0 Å². The summed E-state index contributed by atoms with van der Waals surface area (Å²) in [5, 5.41) is 56.6. The second kappa shape index (κ2) is 23.7. The molecule has 404 valence electrons. The number of carboxylic acid groups (broad SMARTS) is 1. The summed E-state index contributed by atoms with van der Waals surface area (Å²) >= 11 is 0. The Labute approximate surface area is 454 Å². The summed E-state index contributed by atoms with van der Waals surface area (Å²) in [5.74, 6) is -4.64. The Morgan fingerprint density at radius 3 is 2.25 bits per heavy atom. The zero-order chi connectivity index (χ0) is 52.8. The summed E-state index contributed by atoms with van der Waals surface area (Å²) in [5.41, 5.74) is -0.747. The van der Waals surface area contributed by atoms with Gasteiger partial charge in [-0.1, -0.05) is 62.3 Å². The van der Waals surface area contributed by atoms with Crippen molar-refractivity contribution in [3.8, 4) is 11.5 Å². The van der Waals surface area contributed by atoms with Crippen molar-refractivity contribution in [3.05, 3.63) is 45.8 Å². The van der Waals surface area contributed by atoms with Gasteiger partial charge in [-0.15, -0.1) is 0 Å². The number of Topliss-reactive ketones (excluding diaryl/α,β-unsaturated/α-hetero) is 1. The molecule has 2 spiro atoms. The van der Waals surface area contributed by atoms with Gasteiger partial charge in [0.1, 0.15) is 40.1 Å². The summed E-state index contributed by atoms with van der Waals surface area (Å²) < 4.78 is 44.6. The number of phenolic OH excluding ortho intramolecular Hbond substituents is 1. The van der Waals surface area contributed by atoms with E-state index in [1.54, 1.807) is 32.1 Å². The van der Waals surface area contributed by atoms with Crippen molar-refractivity contribution >= 4 is 22.7 Å². The fourth-order valence-electron chi connectivity index (χ4n) is 13.0. The number of carbonyl (C=O) groups is 2. The van der Waals surface area contributed by atoms with Crippen molar-refractivity contribution in [3.63, 3.8) is 0 Å². The largest absolute Gasteiger partial charge is 1.00 e. The molecule has 6 aliphatic heterocycles. The van der Waals surface area contributed by atoms with Gasteiger partial charge in [-0.2, -0.15) is 0 Å². The minimum absolute atomic E-state index is 0. The van der Waals surface area contributed by atoms with Crippen molar-refractivity contribution < 1.29 is 97.5 Å². The molecule has 73 heavy (non-hydrogen) atoms. The van der Waals surface area contributed by atoms with Crippen LogP contribution in [-0.2, 0) is 39.7 Å². The molecule has 19 unspecified atom stereocenters. The minimum atomic E-state index is -1.37. The number of ether oxygens (including phenoxy) is 6. The van der Waals surface area contributed by atoms with Gasteiger partial charge >= 0.3 is 29.6 Å². The first kappa shape index (κ1) is 59.8. The Kier molecular flexibility index (Phi) is 19.4. The number of phenols is 1. The number of aliphatic hydroxyl groups excluding tert-OH is 2. The number of hydrogen-bond donors (Lipinski definition) is 4. The maximum absolute atomic E-state index is 14.4. The van der Waals surface area contributed by atoms with Crippen LogP contribution in [0.15, 0.2) is 33.5 Å². The van der Waals surface area contributed by atoms with Crippen LogP contribution in [0.1, 0.15) is 158 Å². The maximum atomic E-state index is 14.4. The number of rotatable bonds is 12. The Morgan fingerprint density at radius 1 is 0.904 bits per heavy atom. The number of ketones is 1. The summed E-state index contributed by atoms with van der Waals surface area (Å²) in [6.07, 6.45) is 6.87. The zero-order valence-corrected chi connectivity index (χ0v) is 47.9. The van der Waals surface area contributed by atoms with E-state index in [0.717, 1.165) is 12.8 Å². The van der Waals surface area contributed by atoms with E-state index in [0.29, 0.717) is 99.4 Å². The molecule has 0 bridgehead atoms. The Bertz CT molecular complexity index is 2340. The minimum Gasteiger partial charge on any atom is -0.550 e. The van der Waals surface area contributed by atoms with Crippen LogP contribution in [0.4, 0.5) is 0 Å². The Balaban J connectivity index is 0.000000361. The first-order valence-electron chi connectivity index (χ1n) is 27.2. The molecule has 7 heterocycles. The second-order valence-electron chi connectivity index (χ2n) is 23.1. The number of carboxylic acids is 1. The number of fused-ring (bicyclic) bond motifs is 2. The number of aliphatic carboxylic acids is 1. The number of carbonyl (C=O) groups excluding carboxylic acids is 2. The van der Waals surface area contributed by atoms with Crippen LogP contribution in [0.3, 0.4) is 0 Å². The smallest absolute Gasteiger partial charge is 0.550 e. The standard InChI is InChI=1S/C42H70O11.C15H16O4.Na/c1-11-29(38(46)47)31-15-14-23(4)36(50-31)27(8)34(44)26(7)35(45)30(12-2)37-24(5)22-25(6)41(51-37)19-16-32(43)42(53-41)21-20-39(10,52-42)33-17-18-40(48,13-3)28(9)49-33;1-8-3-4-10-12(18-7-8)6-13-14(15(10)17)11(16)5-9(2)19-13;/h16,19,23-34,36-37,43-44,48H,11-15,17-18,20-22H2,1-10H3,(H,46,47);5-6,8,17H,3-4,7H2,1-2H3;/q;;+1/p-1. The molecule has 16 heteroatoms. The van der Waals surface area contributed by atoms with Gasteiger partial charge in [0.05, 0.1) is 54.4 Å². The van der Waals surface area contributed by atoms with Crippen molar-refractivity contribution in [1.29, 1.82) is 0 Å². The second-order valence-corrected chi connectivity index (χ2v) is 23.1. The third-order valence-electron chi connectivity index (χ3n) is 18.0. The van der Waals surface area contributed by atoms with Crippen LogP contribution in [0.5, 0.6) is 11.5 Å². The van der Waals surface area contributed by atoms with Crippen LogP contribution >= 0.6 is 0 Å². The van der Waals surface area contributed by atoms with E-state index in [1.807, 2.05) is 41.5 Å². The zero-order valence-electron chi connectivity index (χ0n) is 45.9. The summed E-state index contributed by atoms with van der Waals surface area (Å²) in [6, 6.07) is 3.12. The number of aliphatic hydroxyl groups is 3. The normalized spacial score (nSPS) is 38.4. The maximum Gasteiger partial charge on any atom is 1.00 e. The van der Waals surface area contributed by atoms with Crippen LogP contribution in [-0.4, -0.2) is 104 Å². The molecule has 1 aromatic carbocycles. The predicted octanol–water partition coefficient (Wildman–Crippen LogP) is 4.63. The van der Waals surface area contributed by atoms with Crippen molar-refractivity contribution in [1.82, 2.24) is 0 Å². The molecular formula is C57H85NaO15. The first-order valence-corrected chi connectivity index (χ1v) is 27.2. The topological polar surface area (TPSA) is 224 Å². The molecule has 0 saturated carbocycles. The van der Waals surface area contributed by atoms with Gasteiger partial charge in [0.2, 0.25) is 5.79 Å². The van der Waals surface area contributed by atoms with E-state index in [4.69, 9.17) is 32.8 Å². The molecule has 0 amide bonds. The molecule has 0 aliphatic carbocycles. The van der Waals surface area contributed by atoms with Crippen molar-refractivity contribution in [2.45, 2.75) is 226 Å². The number of benzene rings is 1. The summed E-state index contributed by atoms with van der Waals surface area (Å²) in [4.78, 5) is 38.2. The van der Waals surface area contributed by atoms with E-state index < -0.39 is 82.9 Å². The fraction of sp³-hybridized carbons (Fsp3) is 0.772. The van der Waals surface area contributed by atoms with E-state index in [-0.39, 0.29) is 81.9 Å². The molecule has 4 saturated heterocycles. The Morgan fingerprint density at radius 2 is 1.60 bits per heavy atom. The van der Waals surface area contributed by atoms with Gasteiger partial charge in [-0.05, 0) is 121 Å². The number of hydrogen-bond acceptors (Lipinski definition) is 15. The molecule has 4 N–H and O–H groups in total. The summed E-state index contributed by atoms with van der Waals surface area (Å²) in [6.45, 7) is 23.9. The van der Waals surface area contributed by atoms with Gasteiger partial charge in [-0.3, -0.25) is 9.59 Å². The first-order chi connectivity index (χ1) is 33.9. The molecular weight excluding hydrogens is 948 g/mol. The summed E-state index contributed by atoms with van der Waals surface area (Å²) in [7, 11) is 0. The molecule has 4 fully saturated rings. The van der Waals surface area contributed by atoms with Gasteiger partial charge in [0, 0.05) is 59.7 Å². The molecule has 2 aromatic rings. The Hall–Kier alpha value is -2.41. The molecule has 0 radical (unpaired) electrons. The molecule has 19 atom stereocenters. The number of aryl methyl sites for hydroxylation is 1. The van der Waals surface area contributed by atoms with Crippen LogP contribution in [0, 0.1) is 54.3 Å². The quantitative estimate of drug-likeness (QED) is 0.168. The van der Waals surface area contributed by atoms with E-state index >= 15 is 0 Å². The molecule has 15 nitrogen and oxygen atoms in total. The van der Waals surface area contributed by atoms with Gasteiger partial charge in [0.15, 0.2) is 11.2 Å². The van der Waals surface area contributed by atoms with E-state index in [2.05, 4.69) is 27.7 Å². The average Bonchev–Trinajstić information content (AvgIpc) is 3.56. The van der Waals surface area contributed by atoms with Crippen molar-refractivity contribution in [2.75, 3.05) is 6.61 Å². The van der Waals surface area contributed by atoms with Crippen LogP contribution in [0.25, 0.3) is 11.0 Å². The number of aromatic hydroxyl groups is 1. The average molecular weight is 1030 g/mol. The van der Waals surface area contributed by atoms with E-state index in [9.17, 15) is 39.9 Å². The monoisotopic (exact) mass is 1030 g/mol. The van der Waals surface area contributed by atoms with Crippen LogP contribution in [0.2, 0.25) is 0 Å². The fourth-order valence-corrected chi connectivity index (χ4v) is 13.0. The molecule has 1 aromatic heterocycles. The van der Waals surface area contributed by atoms with Crippen LogP contribution < -0.4 is 44.8 Å². The van der Waals surface area contributed by atoms with Gasteiger partial charge < -0.3 is 63.2 Å². The molecule has 8 rings (SSSR count). The van der Waals surface area contributed by atoms with E-state index in [1.165, 1.54) is 6.07 Å². The van der Waals surface area contributed by atoms with Gasteiger partial charge in [-0.25, -0.2) is 0 Å². The van der Waals surface area contributed by atoms with Crippen molar-refractivity contribution in [2.24, 2.45) is 47.3 Å². The third kappa shape index (κ3) is 11.9. The SMILES string of the molecule is CCC(C(=O)[O-])C1CCC(C)C(C(C)C(O)C(C)C(=O)C(CC)C2OC3(C=CC(O)C4(CCC(C)(C5CCC(O)(CC)C(C)O5)O4)O3)C(C)CC2C)O1.Cc1cc(=O)c2c(O)c3c(cc2o1)OCC(C)CC3.[Na+].